The summed E-state index contributed by atoms with van der Waals surface area (Å²) in [5, 5.41) is 13.1. The van der Waals surface area contributed by atoms with Gasteiger partial charge in [0.25, 0.3) is 0 Å². The molecule has 3 atom stereocenters. The Morgan fingerprint density at radius 3 is 2.00 bits per heavy atom. The third-order valence-electron chi connectivity index (χ3n) is 5.04. The number of primary amides is 1. The fourth-order valence-corrected chi connectivity index (χ4v) is 3.27. The molecular formula is C23H44N8O5. The molecule has 0 aromatic heterocycles. The number of nitrogens with two attached hydrogens (primary N) is 2. The van der Waals surface area contributed by atoms with Gasteiger partial charge in [0.05, 0.1) is 6.54 Å². The first-order chi connectivity index (χ1) is 16.8. The standard InChI is InChI=1S/C23H44N8O5/c1-7-26-23(25)27-10-8-9-16(20(24)34)31-21(35)17(11-13(2)3)30-18(33)12-28-22(36)19(14(4)5)29-15(6)32/h13-14,16-17,19H,7-12H2,1-6H3,(H2,24,34)(H,28,36)(H,29,32)(H,30,33)(H,31,35)(H3,25,26,27)/t16-,17-,19-/m0/s1. The van der Waals surface area contributed by atoms with Crippen LogP contribution in [0, 0.1) is 11.8 Å². The first kappa shape index (κ1) is 32.6. The maximum absolute atomic E-state index is 12.9. The molecule has 0 aliphatic heterocycles. The predicted octanol–water partition coefficient (Wildman–Crippen LogP) is -1.53. The van der Waals surface area contributed by atoms with Crippen molar-refractivity contribution in [1.82, 2.24) is 26.6 Å². The molecule has 0 unspecified atom stereocenters. The van der Waals surface area contributed by atoms with E-state index >= 15 is 0 Å². The summed E-state index contributed by atoms with van der Waals surface area (Å²) in [7, 11) is 0. The highest BCUT2D eigenvalue weighted by Crippen LogP contribution is 2.07. The largest absolute Gasteiger partial charge is 0.370 e. The summed E-state index contributed by atoms with van der Waals surface area (Å²) in [5.41, 5.74) is 11.1. The van der Waals surface area contributed by atoms with Crippen molar-refractivity contribution in [2.75, 3.05) is 19.6 Å². The van der Waals surface area contributed by atoms with Crippen LogP contribution in [0.25, 0.3) is 0 Å². The topological polar surface area (TPSA) is 210 Å². The zero-order chi connectivity index (χ0) is 27.8. The van der Waals surface area contributed by atoms with Crippen molar-refractivity contribution in [2.24, 2.45) is 28.3 Å². The summed E-state index contributed by atoms with van der Waals surface area (Å²) in [5.74, 6) is -2.56. The third-order valence-corrected chi connectivity index (χ3v) is 5.04. The summed E-state index contributed by atoms with van der Waals surface area (Å²) in [6, 6.07) is -2.67. The lowest BCUT2D eigenvalue weighted by Gasteiger charge is -2.24. The van der Waals surface area contributed by atoms with Crippen LogP contribution in [-0.2, 0) is 24.0 Å². The number of nitrogens with zero attached hydrogens (tertiary/aromatic N) is 1. The van der Waals surface area contributed by atoms with Gasteiger partial charge < -0.3 is 38.1 Å². The van der Waals surface area contributed by atoms with Gasteiger partial charge in [-0.2, -0.15) is 0 Å². The summed E-state index contributed by atoms with van der Waals surface area (Å²) in [4.78, 5) is 65.1. The number of carbonyl (C=O) groups excluding carboxylic acids is 5. The maximum Gasteiger partial charge on any atom is 0.243 e. The third kappa shape index (κ3) is 14.1. The zero-order valence-corrected chi connectivity index (χ0v) is 22.3. The molecule has 0 fully saturated rings. The highest BCUT2D eigenvalue weighted by molar-refractivity contribution is 5.93. The van der Waals surface area contributed by atoms with E-state index in [1.54, 1.807) is 13.8 Å². The van der Waals surface area contributed by atoms with Gasteiger partial charge >= 0.3 is 0 Å². The van der Waals surface area contributed by atoms with Gasteiger partial charge in [-0.25, -0.2) is 0 Å². The molecule has 0 aliphatic carbocycles. The van der Waals surface area contributed by atoms with Gasteiger partial charge in [-0.05, 0) is 38.0 Å². The molecule has 13 nitrogen and oxygen atoms in total. The predicted molar refractivity (Wildman–Crippen MR) is 137 cm³/mol. The zero-order valence-electron chi connectivity index (χ0n) is 22.3. The number of aliphatic imine (C=N–C) groups is 1. The molecule has 0 rings (SSSR count). The second-order valence-corrected chi connectivity index (χ2v) is 9.29. The number of amides is 5. The number of hydrogen-bond donors (Lipinski definition) is 7. The Hall–Kier alpha value is -3.38. The smallest absolute Gasteiger partial charge is 0.243 e. The van der Waals surface area contributed by atoms with Gasteiger partial charge in [0.1, 0.15) is 18.1 Å². The SMILES string of the molecule is CCNC(N)=NCCC[C@H](NC(=O)[C@H](CC(C)C)NC(=O)CNC(=O)[C@@H](NC(C)=O)C(C)C)C(N)=O. The number of rotatable bonds is 16. The summed E-state index contributed by atoms with van der Waals surface area (Å²) >= 11 is 0. The molecule has 0 bridgehead atoms. The Bertz CT molecular complexity index is 784. The molecule has 0 saturated heterocycles. The molecule has 0 spiro atoms. The Morgan fingerprint density at radius 1 is 0.861 bits per heavy atom. The van der Waals surface area contributed by atoms with Crippen LogP contribution >= 0.6 is 0 Å². The minimum absolute atomic E-state index is 0.0520. The second-order valence-electron chi connectivity index (χ2n) is 9.29. The number of nitrogens with one attached hydrogen (secondary N) is 5. The van der Waals surface area contributed by atoms with E-state index in [1.165, 1.54) is 6.92 Å². The van der Waals surface area contributed by atoms with Crippen molar-refractivity contribution < 1.29 is 24.0 Å². The van der Waals surface area contributed by atoms with Gasteiger partial charge in [-0.15, -0.1) is 0 Å². The van der Waals surface area contributed by atoms with Crippen molar-refractivity contribution >= 4 is 35.5 Å². The highest BCUT2D eigenvalue weighted by Gasteiger charge is 2.27. The van der Waals surface area contributed by atoms with E-state index in [2.05, 4.69) is 31.6 Å². The molecule has 206 valence electrons. The van der Waals surface area contributed by atoms with E-state index in [-0.39, 0.29) is 30.7 Å². The fraction of sp³-hybridized carbons (Fsp3) is 0.739. The minimum Gasteiger partial charge on any atom is -0.370 e. The lowest BCUT2D eigenvalue weighted by Crippen LogP contribution is -2.55. The Labute approximate surface area is 213 Å². The lowest BCUT2D eigenvalue weighted by molar-refractivity contribution is -0.133. The van der Waals surface area contributed by atoms with Crippen LogP contribution in [0.3, 0.4) is 0 Å². The molecule has 0 aromatic carbocycles. The Morgan fingerprint density at radius 2 is 1.50 bits per heavy atom. The molecule has 0 aromatic rings. The van der Waals surface area contributed by atoms with Crippen LogP contribution in [0.1, 0.15) is 60.8 Å². The van der Waals surface area contributed by atoms with Gasteiger partial charge in [0.15, 0.2) is 5.96 Å². The number of guanidine groups is 1. The van der Waals surface area contributed by atoms with Gasteiger partial charge in [0.2, 0.25) is 29.5 Å². The fourth-order valence-electron chi connectivity index (χ4n) is 3.27. The molecule has 0 aliphatic rings. The maximum atomic E-state index is 12.9. The normalized spacial score (nSPS) is 13.9. The van der Waals surface area contributed by atoms with E-state index in [4.69, 9.17) is 11.5 Å². The summed E-state index contributed by atoms with van der Waals surface area (Å²) in [6.07, 6.45) is 1.02. The second kappa shape index (κ2) is 17.1. The number of hydrogen-bond acceptors (Lipinski definition) is 6. The van der Waals surface area contributed by atoms with Crippen LogP contribution in [0.4, 0.5) is 0 Å². The molecule has 0 radical (unpaired) electrons. The minimum atomic E-state index is -0.941. The van der Waals surface area contributed by atoms with E-state index in [0.717, 1.165) is 0 Å². The van der Waals surface area contributed by atoms with Crippen LogP contribution in [0.15, 0.2) is 4.99 Å². The average molecular weight is 513 g/mol. The Kier molecular flexibility index (Phi) is 15.5. The molecule has 5 amide bonds. The highest BCUT2D eigenvalue weighted by atomic mass is 16.2. The van der Waals surface area contributed by atoms with Crippen LogP contribution in [0.5, 0.6) is 0 Å². The van der Waals surface area contributed by atoms with Gasteiger partial charge in [-0.1, -0.05) is 27.7 Å². The molecule has 0 heterocycles. The monoisotopic (exact) mass is 512 g/mol. The van der Waals surface area contributed by atoms with Crippen molar-refractivity contribution in [3.05, 3.63) is 0 Å². The lowest BCUT2D eigenvalue weighted by atomic mass is 10.0. The van der Waals surface area contributed by atoms with E-state index in [9.17, 15) is 24.0 Å². The first-order valence-electron chi connectivity index (χ1n) is 12.3. The van der Waals surface area contributed by atoms with E-state index in [1.807, 2.05) is 20.8 Å². The van der Waals surface area contributed by atoms with Crippen molar-refractivity contribution in [2.45, 2.75) is 78.9 Å². The van der Waals surface area contributed by atoms with Gasteiger partial charge in [-0.3, -0.25) is 29.0 Å². The van der Waals surface area contributed by atoms with Gasteiger partial charge in [0, 0.05) is 20.0 Å². The quantitative estimate of drug-likeness (QED) is 0.0736. The van der Waals surface area contributed by atoms with Crippen molar-refractivity contribution in [3.8, 4) is 0 Å². The van der Waals surface area contributed by atoms with E-state index < -0.39 is 41.8 Å². The summed E-state index contributed by atoms with van der Waals surface area (Å²) < 4.78 is 0. The summed E-state index contributed by atoms with van der Waals surface area (Å²) in [6.45, 7) is 11.1. The molecule has 36 heavy (non-hydrogen) atoms. The Balaban J connectivity index is 5.05. The van der Waals surface area contributed by atoms with Crippen LogP contribution < -0.4 is 38.1 Å². The van der Waals surface area contributed by atoms with Crippen molar-refractivity contribution in [3.63, 3.8) is 0 Å². The van der Waals surface area contributed by atoms with E-state index in [0.29, 0.717) is 31.9 Å². The number of carbonyl (C=O) groups is 5. The van der Waals surface area contributed by atoms with Crippen LogP contribution in [0.2, 0.25) is 0 Å². The molecular weight excluding hydrogens is 468 g/mol. The van der Waals surface area contributed by atoms with Crippen molar-refractivity contribution in [1.29, 1.82) is 0 Å². The average Bonchev–Trinajstić information content (AvgIpc) is 2.76. The molecule has 9 N–H and O–H groups in total. The molecule has 13 heteroatoms. The molecule has 0 saturated carbocycles. The van der Waals surface area contributed by atoms with Crippen LogP contribution in [-0.4, -0.2) is 73.3 Å². The first-order valence-corrected chi connectivity index (χ1v) is 12.3.